The van der Waals surface area contributed by atoms with Crippen molar-refractivity contribution < 1.29 is 14.6 Å². The van der Waals surface area contributed by atoms with E-state index in [2.05, 4.69) is 43.8 Å². The number of benzene rings is 3. The van der Waals surface area contributed by atoms with Gasteiger partial charge in [0.15, 0.2) is 0 Å². The number of hydrogen-bond acceptors (Lipinski definition) is 5. The lowest BCUT2D eigenvalue weighted by Gasteiger charge is -2.12. The molecule has 9 heteroatoms. The van der Waals surface area contributed by atoms with Crippen molar-refractivity contribution in [2.24, 2.45) is 0 Å². The van der Waals surface area contributed by atoms with Gasteiger partial charge < -0.3 is 15.2 Å². The van der Waals surface area contributed by atoms with Gasteiger partial charge in [-0.15, -0.1) is 0 Å². The van der Waals surface area contributed by atoms with E-state index in [0.717, 1.165) is 43.8 Å². The number of halogens is 1. The Labute approximate surface area is 209 Å². The summed E-state index contributed by atoms with van der Waals surface area (Å²) in [6.07, 6.45) is 0.609. The maximum Gasteiger partial charge on any atom is 0.409 e. The summed E-state index contributed by atoms with van der Waals surface area (Å²) in [6.45, 7) is 0. The standard InChI is InChI=1S/C26H20BrN5O3/c1-35-21-4-2-3-18(13-21)16-5-7-17(8-6-16)23-14-24-22(27)15-28-32(24)25(31-23)29-19-9-11-20(12-10-19)30-26(33)34/h2-15,30H,1H3,(H,29,31)(H,33,34). The van der Waals surface area contributed by atoms with Crippen LogP contribution in [0.4, 0.5) is 22.1 Å². The van der Waals surface area contributed by atoms with Crippen molar-refractivity contribution in [2.75, 3.05) is 17.7 Å². The molecule has 3 N–H and O–H groups in total. The molecule has 2 heterocycles. The molecule has 0 aliphatic heterocycles. The first-order valence-corrected chi connectivity index (χ1v) is 11.5. The van der Waals surface area contributed by atoms with Crippen LogP contribution in [0.2, 0.25) is 0 Å². The van der Waals surface area contributed by atoms with Crippen LogP contribution in [0.15, 0.2) is 89.5 Å². The lowest BCUT2D eigenvalue weighted by Crippen LogP contribution is -2.07. The fourth-order valence-corrected chi connectivity index (χ4v) is 4.09. The largest absolute Gasteiger partial charge is 0.497 e. The van der Waals surface area contributed by atoms with Gasteiger partial charge in [-0.3, -0.25) is 5.32 Å². The van der Waals surface area contributed by atoms with Gasteiger partial charge in [0.05, 0.1) is 29.0 Å². The minimum Gasteiger partial charge on any atom is -0.497 e. The van der Waals surface area contributed by atoms with E-state index < -0.39 is 6.09 Å². The van der Waals surface area contributed by atoms with Gasteiger partial charge in [0.1, 0.15) is 5.75 Å². The van der Waals surface area contributed by atoms with Crippen LogP contribution in [-0.4, -0.2) is 32.9 Å². The molecule has 8 nitrogen and oxygen atoms in total. The first-order valence-electron chi connectivity index (χ1n) is 10.7. The number of amides is 1. The molecular formula is C26H20BrN5O3. The van der Waals surface area contributed by atoms with Crippen molar-refractivity contribution in [3.8, 4) is 28.1 Å². The Bertz CT molecular complexity index is 1520. The number of hydrogen-bond donors (Lipinski definition) is 3. The fourth-order valence-electron chi connectivity index (χ4n) is 3.71. The highest BCUT2D eigenvalue weighted by atomic mass is 79.9. The molecular weight excluding hydrogens is 510 g/mol. The molecule has 0 saturated heterocycles. The molecule has 5 aromatic rings. The molecule has 3 aromatic carbocycles. The van der Waals surface area contributed by atoms with Crippen LogP contribution in [0, 0.1) is 0 Å². The zero-order valence-electron chi connectivity index (χ0n) is 18.6. The van der Waals surface area contributed by atoms with E-state index in [1.54, 1.807) is 42.1 Å². The van der Waals surface area contributed by atoms with Crippen molar-refractivity contribution in [2.45, 2.75) is 0 Å². The molecule has 0 aliphatic carbocycles. The van der Waals surface area contributed by atoms with Crippen LogP contribution in [0.25, 0.3) is 27.9 Å². The number of anilines is 3. The molecule has 0 aliphatic rings. The summed E-state index contributed by atoms with van der Waals surface area (Å²) in [5, 5.41) is 18.9. The van der Waals surface area contributed by atoms with Gasteiger partial charge in [0, 0.05) is 16.9 Å². The van der Waals surface area contributed by atoms with E-state index in [9.17, 15) is 4.79 Å². The Hall–Kier alpha value is -4.37. The second-order valence-electron chi connectivity index (χ2n) is 7.70. The summed E-state index contributed by atoms with van der Waals surface area (Å²) in [4.78, 5) is 15.7. The molecule has 0 atom stereocenters. The topological polar surface area (TPSA) is 101 Å². The molecule has 0 spiro atoms. The van der Waals surface area contributed by atoms with Crippen molar-refractivity contribution in [3.05, 3.63) is 89.5 Å². The zero-order valence-corrected chi connectivity index (χ0v) is 20.2. The lowest BCUT2D eigenvalue weighted by atomic mass is 10.0. The molecule has 0 bridgehead atoms. The quantitative estimate of drug-likeness (QED) is 0.227. The van der Waals surface area contributed by atoms with Crippen molar-refractivity contribution >= 4 is 44.9 Å². The van der Waals surface area contributed by atoms with Gasteiger partial charge in [0.25, 0.3) is 0 Å². The first kappa shape index (κ1) is 22.4. The van der Waals surface area contributed by atoms with Gasteiger partial charge >= 0.3 is 6.09 Å². The molecule has 35 heavy (non-hydrogen) atoms. The summed E-state index contributed by atoms with van der Waals surface area (Å²) in [5.41, 5.74) is 5.96. The monoisotopic (exact) mass is 529 g/mol. The number of carbonyl (C=O) groups is 1. The average Bonchev–Trinajstić information content (AvgIpc) is 3.26. The zero-order chi connectivity index (χ0) is 24.4. The number of rotatable bonds is 6. The fraction of sp³-hybridized carbons (Fsp3) is 0.0385. The van der Waals surface area contributed by atoms with Crippen LogP contribution in [0.1, 0.15) is 0 Å². The van der Waals surface area contributed by atoms with Crippen molar-refractivity contribution in [1.82, 2.24) is 14.6 Å². The number of carboxylic acid groups (broad SMARTS) is 1. The van der Waals surface area contributed by atoms with Crippen LogP contribution in [0.3, 0.4) is 0 Å². The average molecular weight is 530 g/mol. The van der Waals surface area contributed by atoms with E-state index >= 15 is 0 Å². The van der Waals surface area contributed by atoms with Gasteiger partial charge in [-0.25, -0.2) is 9.78 Å². The molecule has 5 rings (SSSR count). The summed E-state index contributed by atoms with van der Waals surface area (Å²) in [5.74, 6) is 1.34. The third-order valence-electron chi connectivity index (χ3n) is 5.44. The van der Waals surface area contributed by atoms with Crippen molar-refractivity contribution in [3.63, 3.8) is 0 Å². The minimum absolute atomic E-state index is 0.480. The molecule has 0 saturated carbocycles. The third-order valence-corrected chi connectivity index (χ3v) is 6.05. The first-order chi connectivity index (χ1) is 17.0. The summed E-state index contributed by atoms with van der Waals surface area (Å²) in [7, 11) is 1.66. The number of nitrogens with one attached hydrogen (secondary N) is 2. The smallest absolute Gasteiger partial charge is 0.409 e. The van der Waals surface area contributed by atoms with Crippen molar-refractivity contribution in [1.29, 1.82) is 0 Å². The third kappa shape index (κ3) is 4.80. The lowest BCUT2D eigenvalue weighted by molar-refractivity contribution is 0.209. The van der Waals surface area contributed by atoms with Crippen LogP contribution in [0.5, 0.6) is 5.75 Å². The normalized spacial score (nSPS) is 10.8. The van der Waals surface area contributed by atoms with Gasteiger partial charge in [0.2, 0.25) is 5.95 Å². The van der Waals surface area contributed by atoms with E-state index in [0.29, 0.717) is 11.6 Å². The second kappa shape index (κ2) is 9.47. The molecule has 0 fully saturated rings. The highest BCUT2D eigenvalue weighted by Gasteiger charge is 2.12. The number of methoxy groups -OCH3 is 1. The van der Waals surface area contributed by atoms with E-state index in [4.69, 9.17) is 14.8 Å². The maximum absolute atomic E-state index is 10.8. The second-order valence-corrected chi connectivity index (χ2v) is 8.55. The maximum atomic E-state index is 10.8. The summed E-state index contributed by atoms with van der Waals surface area (Å²) >= 11 is 3.57. The molecule has 174 valence electrons. The van der Waals surface area contributed by atoms with E-state index in [-0.39, 0.29) is 0 Å². The number of ether oxygens (including phenoxy) is 1. The van der Waals surface area contributed by atoms with Gasteiger partial charge in [-0.2, -0.15) is 9.61 Å². The Morgan fingerprint density at radius 2 is 1.66 bits per heavy atom. The van der Waals surface area contributed by atoms with Crippen LogP contribution < -0.4 is 15.4 Å². The highest BCUT2D eigenvalue weighted by Crippen LogP contribution is 2.30. The molecule has 1 amide bonds. The number of fused-ring (bicyclic) bond motifs is 1. The summed E-state index contributed by atoms with van der Waals surface area (Å²) < 4.78 is 7.90. The van der Waals surface area contributed by atoms with E-state index in [1.165, 1.54) is 0 Å². The SMILES string of the molecule is COc1cccc(-c2ccc(-c3cc4c(Br)cnn4c(Nc4ccc(NC(=O)O)cc4)n3)cc2)c1. The molecule has 2 aromatic heterocycles. The Kier molecular flexibility index (Phi) is 6.07. The predicted molar refractivity (Wildman–Crippen MR) is 139 cm³/mol. The summed E-state index contributed by atoms with van der Waals surface area (Å²) in [6, 6.07) is 25.0. The van der Waals surface area contributed by atoms with Gasteiger partial charge in [-0.05, 0) is 69.5 Å². The number of nitrogens with zero attached hydrogens (tertiary/aromatic N) is 3. The minimum atomic E-state index is -1.11. The van der Waals surface area contributed by atoms with Crippen LogP contribution in [-0.2, 0) is 0 Å². The van der Waals surface area contributed by atoms with E-state index in [1.807, 2.05) is 42.5 Å². The molecule has 0 unspecified atom stereocenters. The molecule has 0 radical (unpaired) electrons. The number of aromatic nitrogens is 3. The van der Waals surface area contributed by atoms with Gasteiger partial charge in [-0.1, -0.05) is 36.4 Å². The Morgan fingerprint density at radius 3 is 2.37 bits per heavy atom. The highest BCUT2D eigenvalue weighted by molar-refractivity contribution is 9.10. The predicted octanol–water partition coefficient (Wildman–Crippen LogP) is 6.67. The Morgan fingerprint density at radius 1 is 0.943 bits per heavy atom. The van der Waals surface area contributed by atoms with Crippen LogP contribution >= 0.6 is 15.9 Å². The Balaban J connectivity index is 1.48.